The van der Waals surface area contributed by atoms with Gasteiger partial charge in [-0.3, -0.25) is 20.2 Å². The Bertz CT molecular complexity index is 1280. The van der Waals surface area contributed by atoms with E-state index < -0.39 is 24.0 Å². The number of nitrogens with zero attached hydrogens (tertiary/aromatic N) is 4. The lowest BCUT2D eigenvalue weighted by Crippen LogP contribution is -2.20. The molecule has 1 aliphatic rings. The van der Waals surface area contributed by atoms with E-state index in [0.29, 0.717) is 21.4 Å². The van der Waals surface area contributed by atoms with E-state index in [9.17, 15) is 19.8 Å². The van der Waals surface area contributed by atoms with Gasteiger partial charge in [0, 0.05) is 11.8 Å². The van der Waals surface area contributed by atoms with E-state index in [-0.39, 0.29) is 11.8 Å². The zero-order chi connectivity index (χ0) is 26.5. The molecule has 4 atom stereocenters. The van der Waals surface area contributed by atoms with Gasteiger partial charge in [0.1, 0.15) is 10.0 Å². The summed E-state index contributed by atoms with van der Waals surface area (Å²) in [4.78, 5) is 24.9. The normalized spacial score (nSPS) is 18.9. The highest BCUT2D eigenvalue weighted by Gasteiger charge is 2.30. The van der Waals surface area contributed by atoms with Crippen molar-refractivity contribution in [3.8, 4) is 0 Å². The molecule has 12 heteroatoms. The number of benzene rings is 2. The lowest BCUT2D eigenvalue weighted by atomic mass is 9.82. The van der Waals surface area contributed by atoms with Gasteiger partial charge < -0.3 is 10.2 Å². The van der Waals surface area contributed by atoms with Crippen LogP contribution >= 0.6 is 22.7 Å². The van der Waals surface area contributed by atoms with Gasteiger partial charge in [-0.1, -0.05) is 89.8 Å². The molecule has 10 nitrogen and oxygen atoms in total. The van der Waals surface area contributed by atoms with Crippen molar-refractivity contribution in [2.45, 2.75) is 49.7 Å². The number of hydrogen-bond donors (Lipinski definition) is 4. The summed E-state index contributed by atoms with van der Waals surface area (Å²) in [5, 5.41) is 45.1. The molecule has 1 fully saturated rings. The first-order valence-electron chi connectivity index (χ1n) is 12.2. The number of aromatic nitrogens is 4. The number of anilines is 2. The van der Waals surface area contributed by atoms with Gasteiger partial charge in [-0.2, -0.15) is 0 Å². The fraction of sp³-hybridized carbons (Fsp3) is 0.308. The van der Waals surface area contributed by atoms with Crippen LogP contribution in [-0.4, -0.2) is 42.4 Å². The molecule has 1 aliphatic carbocycles. The average molecular weight is 551 g/mol. The summed E-state index contributed by atoms with van der Waals surface area (Å²) in [5.74, 6) is -0.807. The third kappa shape index (κ3) is 6.10. The topological polar surface area (TPSA) is 150 Å². The van der Waals surface area contributed by atoms with E-state index in [0.717, 1.165) is 35.7 Å². The highest BCUT2D eigenvalue weighted by atomic mass is 32.1. The second-order valence-electron chi connectivity index (χ2n) is 9.06. The van der Waals surface area contributed by atoms with Crippen LogP contribution in [-0.2, 0) is 9.59 Å². The molecule has 1 saturated carbocycles. The molecular formula is C26H26N6O4S2. The van der Waals surface area contributed by atoms with Crippen LogP contribution in [0.4, 0.5) is 10.3 Å². The van der Waals surface area contributed by atoms with E-state index in [4.69, 9.17) is 0 Å². The standard InChI is InChI=1S/C26H26N6O4S2/c33-19(15-8-3-1-4-9-15)21(35)27-25-31-29-23(37-25)17-12-7-13-18(14-17)24-30-32-26(38-24)28-22(36)20(34)16-10-5-2-6-11-16/h1-6,8-11,17-20,33-34H,7,12-14H2,(H,27,31,35)(H,28,32,36). The molecule has 4 unspecified atom stereocenters. The quantitative estimate of drug-likeness (QED) is 0.255. The van der Waals surface area contributed by atoms with Crippen molar-refractivity contribution < 1.29 is 19.8 Å². The second kappa shape index (κ2) is 11.9. The minimum absolute atomic E-state index is 0.151. The molecule has 4 N–H and O–H groups in total. The fourth-order valence-electron chi connectivity index (χ4n) is 4.46. The van der Waals surface area contributed by atoms with Crippen LogP contribution in [0.25, 0.3) is 0 Å². The Kier molecular flexibility index (Phi) is 8.13. The Morgan fingerprint density at radius 2 is 1.13 bits per heavy atom. The summed E-state index contributed by atoms with van der Waals surface area (Å²) < 4.78 is 0. The van der Waals surface area contributed by atoms with E-state index in [1.165, 1.54) is 22.7 Å². The third-order valence-electron chi connectivity index (χ3n) is 6.44. The number of rotatable bonds is 8. The largest absolute Gasteiger partial charge is 0.378 e. The fourth-order valence-corrected chi connectivity index (χ4v) is 6.25. The van der Waals surface area contributed by atoms with Gasteiger partial charge in [0.05, 0.1) is 0 Å². The van der Waals surface area contributed by atoms with Crippen LogP contribution in [0.5, 0.6) is 0 Å². The van der Waals surface area contributed by atoms with Gasteiger partial charge in [0.2, 0.25) is 10.3 Å². The van der Waals surface area contributed by atoms with Crippen molar-refractivity contribution in [1.29, 1.82) is 0 Å². The van der Waals surface area contributed by atoms with Crippen molar-refractivity contribution in [2.24, 2.45) is 0 Å². The summed E-state index contributed by atoms with van der Waals surface area (Å²) in [6, 6.07) is 17.4. The Balaban J connectivity index is 1.18. The minimum Gasteiger partial charge on any atom is -0.378 e. The number of nitrogens with one attached hydrogen (secondary N) is 2. The van der Waals surface area contributed by atoms with Gasteiger partial charge in [-0.25, -0.2) is 0 Å². The number of hydrogen-bond acceptors (Lipinski definition) is 10. The molecule has 2 amide bonds. The highest BCUT2D eigenvalue weighted by Crippen LogP contribution is 2.43. The van der Waals surface area contributed by atoms with E-state index >= 15 is 0 Å². The third-order valence-corrected chi connectivity index (χ3v) is 8.44. The van der Waals surface area contributed by atoms with Crippen LogP contribution in [0.1, 0.15) is 70.9 Å². The van der Waals surface area contributed by atoms with Crippen molar-refractivity contribution in [1.82, 2.24) is 20.4 Å². The summed E-state index contributed by atoms with van der Waals surface area (Å²) >= 11 is 2.62. The van der Waals surface area contributed by atoms with Gasteiger partial charge in [-0.15, -0.1) is 20.4 Å². The Labute approximate surface area is 226 Å². The monoisotopic (exact) mass is 550 g/mol. The molecule has 2 aromatic heterocycles. The predicted octanol–water partition coefficient (Wildman–Crippen LogP) is 4.18. The molecule has 0 saturated heterocycles. The number of aliphatic hydroxyl groups excluding tert-OH is 2. The molecule has 2 aromatic carbocycles. The van der Waals surface area contributed by atoms with E-state index in [2.05, 4.69) is 31.0 Å². The number of amides is 2. The maximum absolute atomic E-state index is 12.5. The van der Waals surface area contributed by atoms with Crippen molar-refractivity contribution in [3.05, 3.63) is 81.8 Å². The SMILES string of the molecule is O=C(Nc1nnc(C2CCCC(c3nnc(NC(=O)C(O)c4ccccc4)s3)C2)s1)C(O)c1ccccc1. The summed E-state index contributed by atoms with van der Waals surface area (Å²) in [6.07, 6.45) is 1.07. The molecule has 0 radical (unpaired) electrons. The van der Waals surface area contributed by atoms with Gasteiger partial charge >= 0.3 is 0 Å². The van der Waals surface area contributed by atoms with Crippen LogP contribution in [0.2, 0.25) is 0 Å². The highest BCUT2D eigenvalue weighted by molar-refractivity contribution is 7.15. The molecule has 4 aromatic rings. The van der Waals surface area contributed by atoms with E-state index in [1.807, 2.05) is 12.1 Å². The number of aliphatic hydroxyl groups is 2. The van der Waals surface area contributed by atoms with Gasteiger partial charge in [-0.05, 0) is 30.4 Å². The summed E-state index contributed by atoms with van der Waals surface area (Å²) in [5.41, 5.74) is 1.01. The first-order chi connectivity index (χ1) is 18.5. The number of carbonyl (C=O) groups excluding carboxylic acids is 2. The molecule has 38 heavy (non-hydrogen) atoms. The van der Waals surface area contributed by atoms with Crippen molar-refractivity contribution in [2.75, 3.05) is 10.6 Å². The molecule has 0 bridgehead atoms. The molecule has 0 aliphatic heterocycles. The molecule has 0 spiro atoms. The average Bonchev–Trinajstić information content (AvgIpc) is 3.63. The van der Waals surface area contributed by atoms with Crippen LogP contribution in [0.15, 0.2) is 60.7 Å². The van der Waals surface area contributed by atoms with Crippen LogP contribution in [0, 0.1) is 0 Å². The van der Waals surface area contributed by atoms with Gasteiger partial charge in [0.15, 0.2) is 12.2 Å². The molecule has 5 rings (SSSR count). The number of carbonyl (C=O) groups is 2. The Morgan fingerprint density at radius 1 is 0.711 bits per heavy atom. The minimum atomic E-state index is -1.29. The van der Waals surface area contributed by atoms with Crippen LogP contribution < -0.4 is 10.6 Å². The van der Waals surface area contributed by atoms with Crippen molar-refractivity contribution >= 4 is 44.8 Å². The lowest BCUT2D eigenvalue weighted by Gasteiger charge is -2.25. The smallest absolute Gasteiger partial charge is 0.259 e. The first-order valence-corrected chi connectivity index (χ1v) is 13.9. The second-order valence-corrected chi connectivity index (χ2v) is 11.1. The zero-order valence-electron chi connectivity index (χ0n) is 20.2. The Morgan fingerprint density at radius 3 is 1.55 bits per heavy atom. The first kappa shape index (κ1) is 26.0. The lowest BCUT2D eigenvalue weighted by molar-refractivity contribution is -0.124. The van der Waals surface area contributed by atoms with Crippen molar-refractivity contribution in [3.63, 3.8) is 0 Å². The summed E-state index contributed by atoms with van der Waals surface area (Å²) in [6.45, 7) is 0. The molecule has 2 heterocycles. The van der Waals surface area contributed by atoms with E-state index in [1.54, 1.807) is 48.5 Å². The van der Waals surface area contributed by atoms with Gasteiger partial charge in [0.25, 0.3) is 11.8 Å². The maximum Gasteiger partial charge on any atom is 0.259 e. The maximum atomic E-state index is 12.5. The zero-order valence-corrected chi connectivity index (χ0v) is 21.9. The summed E-state index contributed by atoms with van der Waals surface area (Å²) in [7, 11) is 0. The predicted molar refractivity (Wildman–Crippen MR) is 144 cm³/mol. The molecular weight excluding hydrogens is 524 g/mol. The molecule has 196 valence electrons. The van der Waals surface area contributed by atoms with Crippen LogP contribution in [0.3, 0.4) is 0 Å². The Hall–Kier alpha value is -3.58.